The van der Waals surface area contributed by atoms with Gasteiger partial charge < -0.3 is 24.3 Å². The average Bonchev–Trinajstić information content (AvgIpc) is 2.77. The summed E-state index contributed by atoms with van der Waals surface area (Å²) in [7, 11) is 1.65. The summed E-state index contributed by atoms with van der Waals surface area (Å²) in [6.45, 7) is 2.17. The van der Waals surface area contributed by atoms with E-state index in [9.17, 15) is 0 Å². The van der Waals surface area contributed by atoms with E-state index in [4.69, 9.17) is 18.9 Å². The van der Waals surface area contributed by atoms with Gasteiger partial charge in [0, 0.05) is 28.3 Å². The second-order valence-corrected chi connectivity index (χ2v) is 7.40. The van der Waals surface area contributed by atoms with Crippen LogP contribution in [0.15, 0.2) is 65.1 Å². The molecule has 0 amide bonds. The minimum Gasteiger partial charge on any atom is -0.493 e. The molecule has 0 saturated carbocycles. The second-order valence-electron chi connectivity index (χ2n) is 6.54. The van der Waals surface area contributed by atoms with Crippen molar-refractivity contribution in [2.24, 2.45) is 0 Å². The molecule has 1 aliphatic heterocycles. The van der Waals surface area contributed by atoms with Crippen LogP contribution in [0.5, 0.6) is 23.0 Å². The van der Waals surface area contributed by atoms with Crippen LogP contribution in [0.1, 0.15) is 11.1 Å². The van der Waals surface area contributed by atoms with Crippen molar-refractivity contribution in [3.8, 4) is 23.0 Å². The van der Waals surface area contributed by atoms with E-state index < -0.39 is 0 Å². The van der Waals surface area contributed by atoms with Gasteiger partial charge in [0.25, 0.3) is 0 Å². The first-order valence-electron chi connectivity index (χ1n) is 9.40. The maximum absolute atomic E-state index is 6.17. The fourth-order valence-corrected chi connectivity index (χ4v) is 3.59. The highest BCUT2D eigenvalue weighted by molar-refractivity contribution is 9.10. The number of halogens is 1. The van der Waals surface area contributed by atoms with Crippen LogP contribution >= 0.6 is 15.9 Å². The maximum Gasteiger partial charge on any atom is 0.167 e. The molecule has 3 aromatic carbocycles. The normalized spacial score (nSPS) is 12.3. The third-order valence-corrected chi connectivity index (χ3v) is 5.37. The number of rotatable bonds is 7. The zero-order chi connectivity index (χ0) is 20.1. The minimum absolute atomic E-state index is 0.463. The summed E-state index contributed by atoms with van der Waals surface area (Å²) in [6, 6.07) is 19.8. The Balaban J connectivity index is 1.54. The van der Waals surface area contributed by atoms with Gasteiger partial charge in [0.05, 0.1) is 7.11 Å². The first kappa shape index (κ1) is 19.5. The van der Waals surface area contributed by atoms with Crippen LogP contribution in [0, 0.1) is 0 Å². The summed E-state index contributed by atoms with van der Waals surface area (Å²) in [6.07, 6.45) is 0. The monoisotopic (exact) mass is 455 g/mol. The molecule has 1 heterocycles. The molecule has 0 aromatic heterocycles. The summed E-state index contributed by atoms with van der Waals surface area (Å²) >= 11 is 3.65. The number of ether oxygens (including phenoxy) is 4. The van der Waals surface area contributed by atoms with E-state index in [0.29, 0.717) is 32.1 Å². The predicted octanol–water partition coefficient (Wildman–Crippen LogP) is 5.42. The molecule has 1 N–H and O–H groups in total. The van der Waals surface area contributed by atoms with Gasteiger partial charge in [-0.2, -0.15) is 0 Å². The van der Waals surface area contributed by atoms with Crippen molar-refractivity contribution < 1.29 is 18.9 Å². The lowest BCUT2D eigenvalue weighted by Gasteiger charge is -2.20. The number of nitrogens with one attached hydrogen (secondary N) is 1. The van der Waals surface area contributed by atoms with Crippen LogP contribution in [-0.2, 0) is 13.2 Å². The molecule has 0 bridgehead atoms. The fourth-order valence-electron chi connectivity index (χ4n) is 3.14. The molecule has 0 unspecified atom stereocenters. The molecular weight excluding hydrogens is 434 g/mol. The van der Waals surface area contributed by atoms with Crippen molar-refractivity contribution in [2.75, 3.05) is 25.6 Å². The summed E-state index contributed by atoms with van der Waals surface area (Å²) in [5.74, 6) is 2.95. The molecule has 0 saturated heterocycles. The number of hydrogen-bond donors (Lipinski definition) is 1. The molecule has 3 aromatic rings. The number of benzene rings is 3. The Morgan fingerprint density at radius 3 is 2.55 bits per heavy atom. The Morgan fingerprint density at radius 1 is 0.966 bits per heavy atom. The number of hydrogen-bond acceptors (Lipinski definition) is 5. The molecule has 6 heteroatoms. The van der Waals surface area contributed by atoms with Crippen LogP contribution in [0.25, 0.3) is 0 Å². The van der Waals surface area contributed by atoms with Gasteiger partial charge in [0.2, 0.25) is 0 Å². The maximum atomic E-state index is 6.17. The molecular formula is C23H22BrNO4. The topological polar surface area (TPSA) is 49.0 Å². The third kappa shape index (κ3) is 4.59. The van der Waals surface area contributed by atoms with Crippen LogP contribution in [0.4, 0.5) is 5.69 Å². The van der Waals surface area contributed by atoms with Crippen LogP contribution in [0.3, 0.4) is 0 Å². The lowest BCUT2D eigenvalue weighted by Crippen LogP contribution is -2.15. The second kappa shape index (κ2) is 9.09. The standard InChI is InChI=1S/C23H22BrNO4/c1-26-21-10-8-19(24)18(23(21)29-15-16-5-3-2-4-6-16)14-25-17-7-9-20-22(13-17)28-12-11-27-20/h2-10,13,25H,11-12,14-15H2,1H3. The average molecular weight is 456 g/mol. The van der Waals surface area contributed by atoms with E-state index in [-0.39, 0.29) is 0 Å². The first-order valence-corrected chi connectivity index (χ1v) is 10.2. The molecule has 0 aliphatic carbocycles. The zero-order valence-corrected chi connectivity index (χ0v) is 17.7. The third-order valence-electron chi connectivity index (χ3n) is 4.62. The highest BCUT2D eigenvalue weighted by Gasteiger charge is 2.16. The molecule has 5 nitrogen and oxygen atoms in total. The van der Waals surface area contributed by atoms with E-state index in [0.717, 1.165) is 38.5 Å². The summed E-state index contributed by atoms with van der Waals surface area (Å²) < 4.78 is 23.9. The highest BCUT2D eigenvalue weighted by atomic mass is 79.9. The molecule has 150 valence electrons. The van der Waals surface area contributed by atoms with Gasteiger partial charge in [-0.3, -0.25) is 0 Å². The minimum atomic E-state index is 0.463. The Hall–Kier alpha value is -2.86. The number of anilines is 1. The largest absolute Gasteiger partial charge is 0.493 e. The van der Waals surface area contributed by atoms with E-state index in [1.54, 1.807) is 7.11 Å². The van der Waals surface area contributed by atoms with Gasteiger partial charge in [-0.05, 0) is 29.8 Å². The quantitative estimate of drug-likeness (QED) is 0.515. The van der Waals surface area contributed by atoms with Crippen LogP contribution in [0.2, 0.25) is 0 Å². The van der Waals surface area contributed by atoms with Crippen molar-refractivity contribution in [1.29, 1.82) is 0 Å². The summed E-state index contributed by atoms with van der Waals surface area (Å²) in [4.78, 5) is 0. The summed E-state index contributed by atoms with van der Waals surface area (Å²) in [5, 5.41) is 3.44. The zero-order valence-electron chi connectivity index (χ0n) is 16.1. The van der Waals surface area contributed by atoms with Crippen molar-refractivity contribution in [3.05, 3.63) is 76.3 Å². The molecule has 29 heavy (non-hydrogen) atoms. The molecule has 0 radical (unpaired) electrons. The van der Waals surface area contributed by atoms with Gasteiger partial charge in [0.1, 0.15) is 19.8 Å². The van der Waals surface area contributed by atoms with Crippen molar-refractivity contribution in [3.63, 3.8) is 0 Å². The van der Waals surface area contributed by atoms with Gasteiger partial charge in [0.15, 0.2) is 23.0 Å². The molecule has 0 spiro atoms. The Labute approximate surface area is 178 Å². The fraction of sp³-hybridized carbons (Fsp3) is 0.217. The highest BCUT2D eigenvalue weighted by Crippen LogP contribution is 2.38. The van der Waals surface area contributed by atoms with E-state index in [2.05, 4.69) is 21.2 Å². The van der Waals surface area contributed by atoms with Crippen molar-refractivity contribution in [1.82, 2.24) is 0 Å². The SMILES string of the molecule is COc1ccc(Br)c(CNc2ccc3c(c2)OCCO3)c1OCc1ccccc1. The summed E-state index contributed by atoms with van der Waals surface area (Å²) in [5.41, 5.74) is 3.02. The molecule has 1 aliphatic rings. The van der Waals surface area contributed by atoms with Crippen molar-refractivity contribution >= 4 is 21.6 Å². The Bertz CT molecular complexity index is 978. The Kier molecular flexibility index (Phi) is 6.10. The lowest BCUT2D eigenvalue weighted by atomic mass is 10.1. The molecule has 4 rings (SSSR count). The van der Waals surface area contributed by atoms with E-state index in [1.165, 1.54) is 0 Å². The van der Waals surface area contributed by atoms with E-state index in [1.807, 2.05) is 60.7 Å². The van der Waals surface area contributed by atoms with E-state index >= 15 is 0 Å². The van der Waals surface area contributed by atoms with Crippen LogP contribution in [-0.4, -0.2) is 20.3 Å². The smallest absolute Gasteiger partial charge is 0.167 e. The number of methoxy groups -OCH3 is 1. The lowest BCUT2D eigenvalue weighted by molar-refractivity contribution is 0.171. The van der Waals surface area contributed by atoms with Crippen molar-refractivity contribution in [2.45, 2.75) is 13.2 Å². The predicted molar refractivity (Wildman–Crippen MR) is 116 cm³/mol. The van der Waals surface area contributed by atoms with Gasteiger partial charge in [-0.1, -0.05) is 46.3 Å². The number of fused-ring (bicyclic) bond motifs is 1. The van der Waals surface area contributed by atoms with Gasteiger partial charge >= 0.3 is 0 Å². The molecule has 0 atom stereocenters. The van der Waals surface area contributed by atoms with Crippen LogP contribution < -0.4 is 24.3 Å². The van der Waals surface area contributed by atoms with Gasteiger partial charge in [-0.25, -0.2) is 0 Å². The van der Waals surface area contributed by atoms with Gasteiger partial charge in [-0.15, -0.1) is 0 Å². The first-order chi connectivity index (χ1) is 14.2. The molecule has 0 fully saturated rings. The Morgan fingerprint density at radius 2 is 1.76 bits per heavy atom.